The summed E-state index contributed by atoms with van der Waals surface area (Å²) in [6.07, 6.45) is 0. The second kappa shape index (κ2) is 5.05. The zero-order valence-electron chi connectivity index (χ0n) is 11.0. The van der Waals surface area contributed by atoms with Crippen LogP contribution in [0.1, 0.15) is 5.01 Å². The first-order chi connectivity index (χ1) is 10.2. The Bertz CT molecular complexity index is 961. The number of aryl methyl sites for hydroxylation is 1. The minimum atomic E-state index is 0.581. The van der Waals surface area contributed by atoms with Gasteiger partial charge in [0.05, 0.1) is 19.9 Å². The van der Waals surface area contributed by atoms with Crippen molar-refractivity contribution in [3.63, 3.8) is 0 Å². The summed E-state index contributed by atoms with van der Waals surface area (Å²) >= 11 is 6.74. The fourth-order valence-electron chi connectivity index (χ4n) is 2.23. The number of hydrogen-bond donors (Lipinski definition) is 0. The smallest absolute Gasteiger partial charge is 0.220 e. The van der Waals surface area contributed by atoms with Crippen molar-refractivity contribution in [3.05, 3.63) is 45.3 Å². The molecule has 4 rings (SSSR count). The van der Waals surface area contributed by atoms with E-state index in [9.17, 15) is 0 Å². The molecule has 0 aliphatic carbocycles. The zero-order chi connectivity index (χ0) is 14.4. The van der Waals surface area contributed by atoms with Gasteiger partial charge in [0.15, 0.2) is 0 Å². The quantitative estimate of drug-likeness (QED) is 0.416. The lowest BCUT2D eigenvalue weighted by Gasteiger charge is -2.06. The molecule has 1 aromatic carbocycles. The van der Waals surface area contributed by atoms with Crippen molar-refractivity contribution >= 4 is 58.9 Å². The van der Waals surface area contributed by atoms with Gasteiger partial charge in [-0.25, -0.2) is 9.97 Å². The van der Waals surface area contributed by atoms with E-state index in [-0.39, 0.29) is 0 Å². The Kier molecular flexibility index (Phi) is 3.17. The second-order valence-corrected chi connectivity index (χ2v) is 7.48. The molecule has 0 bridgehead atoms. The van der Waals surface area contributed by atoms with E-state index in [1.54, 1.807) is 22.7 Å². The summed E-state index contributed by atoms with van der Waals surface area (Å²) in [5, 5.41) is 4.22. The predicted octanol–water partition coefficient (Wildman–Crippen LogP) is 5.77. The maximum absolute atomic E-state index is 5.99. The third-order valence-corrected chi connectivity index (χ3v) is 5.35. The third kappa shape index (κ3) is 2.33. The largest absolute Gasteiger partial charge is 0.438 e. The van der Waals surface area contributed by atoms with E-state index in [4.69, 9.17) is 4.74 Å². The summed E-state index contributed by atoms with van der Waals surface area (Å²) in [6.45, 7) is 2.03. The molecule has 0 unspecified atom stereocenters. The highest BCUT2D eigenvalue weighted by atomic mass is 79.9. The molecule has 6 heteroatoms. The fraction of sp³-hybridized carbons (Fsp3) is 0.0667. The van der Waals surface area contributed by atoms with Crippen LogP contribution in [0.4, 0.5) is 0 Å². The fourth-order valence-corrected chi connectivity index (χ4v) is 4.39. The van der Waals surface area contributed by atoms with Crippen molar-refractivity contribution < 1.29 is 4.74 Å². The van der Waals surface area contributed by atoms with Crippen LogP contribution in [0.5, 0.6) is 11.6 Å². The lowest BCUT2D eigenvalue weighted by atomic mass is 10.2. The Hall–Kier alpha value is -1.50. The van der Waals surface area contributed by atoms with E-state index in [0.717, 1.165) is 31.0 Å². The van der Waals surface area contributed by atoms with Crippen LogP contribution < -0.4 is 4.74 Å². The van der Waals surface area contributed by atoms with Gasteiger partial charge in [0, 0.05) is 17.5 Å². The molecule has 3 nitrogen and oxygen atoms in total. The number of aromatic nitrogens is 2. The van der Waals surface area contributed by atoms with Crippen molar-refractivity contribution in [1.82, 2.24) is 9.97 Å². The van der Waals surface area contributed by atoms with E-state index >= 15 is 0 Å². The van der Waals surface area contributed by atoms with Crippen LogP contribution in [-0.4, -0.2) is 9.97 Å². The Morgan fingerprint density at radius 2 is 2.10 bits per heavy atom. The third-order valence-electron chi connectivity index (χ3n) is 3.07. The Morgan fingerprint density at radius 1 is 1.19 bits per heavy atom. The van der Waals surface area contributed by atoms with E-state index in [2.05, 4.69) is 43.4 Å². The van der Waals surface area contributed by atoms with Gasteiger partial charge in [-0.05, 0) is 40.4 Å². The highest BCUT2D eigenvalue weighted by Crippen LogP contribution is 2.40. The molecule has 4 aromatic rings. The summed E-state index contributed by atoms with van der Waals surface area (Å²) in [7, 11) is 0. The summed E-state index contributed by atoms with van der Waals surface area (Å²) in [6, 6.07) is 9.76. The predicted molar refractivity (Wildman–Crippen MR) is 91.8 cm³/mol. The number of thiazole rings is 1. The van der Waals surface area contributed by atoms with Gasteiger partial charge in [-0.15, -0.1) is 22.7 Å². The molecule has 0 atom stereocenters. The van der Waals surface area contributed by atoms with Gasteiger partial charge in [-0.2, -0.15) is 0 Å². The molecule has 0 saturated carbocycles. The van der Waals surface area contributed by atoms with E-state index in [1.165, 1.54) is 4.70 Å². The highest BCUT2D eigenvalue weighted by Gasteiger charge is 2.13. The van der Waals surface area contributed by atoms with Crippen LogP contribution in [-0.2, 0) is 0 Å². The molecule has 21 heavy (non-hydrogen) atoms. The van der Waals surface area contributed by atoms with E-state index in [1.807, 2.05) is 25.1 Å². The number of ether oxygens (including phenoxy) is 1. The average Bonchev–Trinajstić information content (AvgIpc) is 3.04. The zero-order valence-corrected chi connectivity index (χ0v) is 14.2. The summed E-state index contributed by atoms with van der Waals surface area (Å²) in [5.41, 5.74) is 1.07. The Morgan fingerprint density at radius 3 is 2.95 bits per heavy atom. The first-order valence-corrected chi connectivity index (χ1v) is 8.77. The molecule has 0 aliphatic heterocycles. The maximum Gasteiger partial charge on any atom is 0.220 e. The number of fused-ring (bicyclic) bond motifs is 3. The minimum Gasteiger partial charge on any atom is -0.438 e. The van der Waals surface area contributed by atoms with Gasteiger partial charge >= 0.3 is 0 Å². The van der Waals surface area contributed by atoms with Crippen molar-refractivity contribution in [2.75, 3.05) is 0 Å². The maximum atomic E-state index is 5.99. The monoisotopic (exact) mass is 376 g/mol. The normalized spacial score (nSPS) is 11.3. The average molecular weight is 377 g/mol. The molecule has 0 amide bonds. The van der Waals surface area contributed by atoms with Crippen molar-refractivity contribution in [2.45, 2.75) is 6.92 Å². The van der Waals surface area contributed by atoms with Gasteiger partial charge < -0.3 is 4.74 Å². The topological polar surface area (TPSA) is 35.0 Å². The number of hydrogen-bond acceptors (Lipinski definition) is 5. The number of pyridine rings is 1. The lowest BCUT2D eigenvalue weighted by Crippen LogP contribution is -1.88. The number of thiophene rings is 1. The Balaban J connectivity index is 1.92. The molecule has 0 radical (unpaired) electrons. The number of halogens is 1. The molecule has 3 aromatic heterocycles. The van der Waals surface area contributed by atoms with Crippen molar-refractivity contribution in [2.24, 2.45) is 0 Å². The Labute approximate surface area is 137 Å². The van der Waals surface area contributed by atoms with Crippen LogP contribution in [0.2, 0.25) is 0 Å². The van der Waals surface area contributed by atoms with Crippen LogP contribution >= 0.6 is 38.6 Å². The molecular weight excluding hydrogens is 368 g/mol. The summed E-state index contributed by atoms with van der Waals surface area (Å²) in [5.74, 6) is 1.41. The first kappa shape index (κ1) is 13.2. The van der Waals surface area contributed by atoms with Crippen molar-refractivity contribution in [1.29, 1.82) is 0 Å². The lowest BCUT2D eigenvalue weighted by molar-refractivity contribution is 0.468. The van der Waals surface area contributed by atoms with E-state index in [0.29, 0.717) is 5.88 Å². The molecule has 104 valence electrons. The van der Waals surface area contributed by atoms with Crippen LogP contribution in [0.25, 0.3) is 20.3 Å². The SMILES string of the molecule is Cc1nc2c(cc(Oc3cccc(Br)n3)c3ccsc32)s1. The number of rotatable bonds is 2. The summed E-state index contributed by atoms with van der Waals surface area (Å²) in [4.78, 5) is 8.96. The first-order valence-electron chi connectivity index (χ1n) is 6.28. The van der Waals surface area contributed by atoms with Gasteiger partial charge in [0.2, 0.25) is 5.88 Å². The molecule has 0 fully saturated rings. The molecule has 0 N–H and O–H groups in total. The molecule has 0 saturated heterocycles. The number of nitrogens with zero attached hydrogens (tertiary/aromatic N) is 2. The summed E-state index contributed by atoms with van der Waals surface area (Å²) < 4.78 is 9.07. The van der Waals surface area contributed by atoms with Gasteiger partial charge in [0.1, 0.15) is 10.4 Å². The van der Waals surface area contributed by atoms with Gasteiger partial charge in [0.25, 0.3) is 0 Å². The molecule has 0 aliphatic rings. The number of benzene rings is 1. The second-order valence-electron chi connectivity index (χ2n) is 4.52. The van der Waals surface area contributed by atoms with Crippen LogP contribution in [0.15, 0.2) is 40.3 Å². The highest BCUT2D eigenvalue weighted by molar-refractivity contribution is 9.10. The standard InChI is InChI=1S/C15H9BrN2OS2/c1-8-17-14-11(21-8)7-10(9-5-6-20-15(9)14)19-13-4-2-3-12(16)18-13/h2-7H,1H3. The van der Waals surface area contributed by atoms with E-state index < -0.39 is 0 Å². The van der Waals surface area contributed by atoms with Gasteiger partial charge in [-0.3, -0.25) is 0 Å². The molecular formula is C15H9BrN2OS2. The molecule has 3 heterocycles. The van der Waals surface area contributed by atoms with Gasteiger partial charge in [-0.1, -0.05) is 6.07 Å². The van der Waals surface area contributed by atoms with Crippen LogP contribution in [0, 0.1) is 6.92 Å². The van der Waals surface area contributed by atoms with Crippen LogP contribution in [0.3, 0.4) is 0 Å². The molecule has 0 spiro atoms. The minimum absolute atomic E-state index is 0.581. The van der Waals surface area contributed by atoms with Crippen molar-refractivity contribution in [3.8, 4) is 11.6 Å².